The summed E-state index contributed by atoms with van der Waals surface area (Å²) in [5, 5.41) is 3.33. The number of ether oxygens (including phenoxy) is 1. The molecule has 7 heteroatoms. The van der Waals surface area contributed by atoms with E-state index in [1.54, 1.807) is 7.11 Å². The minimum atomic E-state index is -0.198. The molecule has 1 aromatic heterocycles. The summed E-state index contributed by atoms with van der Waals surface area (Å²) >= 11 is 3.46. The van der Waals surface area contributed by atoms with Crippen molar-refractivity contribution in [1.82, 2.24) is 9.97 Å². The number of imidazole rings is 1. The van der Waals surface area contributed by atoms with Gasteiger partial charge in [0.25, 0.3) is 0 Å². The third-order valence-electron chi connectivity index (χ3n) is 3.24. The number of H-pyrrole nitrogens is 2. The van der Waals surface area contributed by atoms with Crippen molar-refractivity contribution in [2.45, 2.75) is 6.54 Å². The van der Waals surface area contributed by atoms with E-state index >= 15 is 0 Å². The largest absolute Gasteiger partial charge is 1.00 e. The Morgan fingerprint density at radius 2 is 1.91 bits per heavy atom. The van der Waals surface area contributed by atoms with Crippen LogP contribution >= 0.6 is 15.9 Å². The Labute approximate surface area is 141 Å². The summed E-state index contributed by atoms with van der Waals surface area (Å²) in [5.74, 6) is 0.835. The molecule has 116 valence electrons. The quantitative estimate of drug-likeness (QED) is 0.605. The van der Waals surface area contributed by atoms with E-state index in [-0.39, 0.29) is 18.1 Å². The van der Waals surface area contributed by atoms with Gasteiger partial charge in [0, 0.05) is 22.3 Å². The third kappa shape index (κ3) is 3.45. The molecule has 0 aliphatic rings. The molecule has 0 amide bonds. The van der Waals surface area contributed by atoms with E-state index in [9.17, 15) is 4.79 Å². The van der Waals surface area contributed by atoms with Gasteiger partial charge >= 0.3 is 5.69 Å². The molecule has 0 fully saturated rings. The standard InChI is InChI=1S/C15H14BrN3O2.ClH/c1-21-14-5-2-10(16)6-9(14)8-17-11-3-4-12-13(7-11)19-15(20)18-12;/h2-7,17H,8H2,1H3,(H2,18,19,20);1H/p-1. The van der Waals surface area contributed by atoms with Crippen LogP contribution in [-0.2, 0) is 6.54 Å². The predicted molar refractivity (Wildman–Crippen MR) is 86.9 cm³/mol. The molecule has 3 rings (SSSR count). The normalized spacial score (nSPS) is 10.3. The Morgan fingerprint density at radius 1 is 1.14 bits per heavy atom. The number of aromatic amines is 2. The SMILES string of the molecule is COc1ccc(Br)cc1CNc1ccc2[nH]c(=O)[nH]c2c1.[Cl-]. The van der Waals surface area contributed by atoms with E-state index < -0.39 is 0 Å². The van der Waals surface area contributed by atoms with Crippen LogP contribution in [0.15, 0.2) is 45.7 Å². The van der Waals surface area contributed by atoms with Crippen molar-refractivity contribution >= 4 is 32.7 Å². The molecule has 0 saturated heterocycles. The first-order chi connectivity index (χ1) is 10.2. The number of fused-ring (bicyclic) bond motifs is 1. The van der Waals surface area contributed by atoms with Gasteiger partial charge in [0.2, 0.25) is 0 Å². The second-order valence-electron chi connectivity index (χ2n) is 4.65. The molecular formula is C15H14BrClN3O2-. The zero-order valence-electron chi connectivity index (χ0n) is 11.7. The lowest BCUT2D eigenvalue weighted by molar-refractivity contribution is -0.00000455. The van der Waals surface area contributed by atoms with Crippen molar-refractivity contribution in [2.75, 3.05) is 12.4 Å². The van der Waals surface area contributed by atoms with Crippen molar-refractivity contribution in [1.29, 1.82) is 0 Å². The summed E-state index contributed by atoms with van der Waals surface area (Å²) in [6, 6.07) is 11.6. The number of hydrogen-bond donors (Lipinski definition) is 3. The molecule has 0 atom stereocenters. The Hall–Kier alpha value is -1.92. The Kier molecular flexibility index (Phi) is 5.15. The van der Waals surface area contributed by atoms with Gasteiger partial charge in [-0.25, -0.2) is 4.79 Å². The highest BCUT2D eigenvalue weighted by Gasteiger charge is 2.05. The fourth-order valence-corrected chi connectivity index (χ4v) is 2.63. The molecule has 3 aromatic rings. The lowest BCUT2D eigenvalue weighted by Crippen LogP contribution is -3.00. The third-order valence-corrected chi connectivity index (χ3v) is 3.73. The molecule has 0 aliphatic carbocycles. The first kappa shape index (κ1) is 16.5. The lowest BCUT2D eigenvalue weighted by Gasteiger charge is -2.11. The van der Waals surface area contributed by atoms with Gasteiger partial charge in [0.1, 0.15) is 5.75 Å². The topological polar surface area (TPSA) is 69.9 Å². The maximum atomic E-state index is 11.2. The molecule has 3 N–H and O–H groups in total. The molecule has 0 saturated carbocycles. The highest BCUT2D eigenvalue weighted by Crippen LogP contribution is 2.24. The molecular weight excluding hydrogens is 370 g/mol. The highest BCUT2D eigenvalue weighted by atomic mass is 79.9. The maximum absolute atomic E-state index is 11.2. The first-order valence-corrected chi connectivity index (χ1v) is 7.23. The minimum Gasteiger partial charge on any atom is -1.00 e. The second-order valence-corrected chi connectivity index (χ2v) is 5.56. The van der Waals surface area contributed by atoms with E-state index in [1.165, 1.54) is 0 Å². The molecule has 5 nitrogen and oxygen atoms in total. The number of halogens is 2. The number of hydrogen-bond acceptors (Lipinski definition) is 3. The maximum Gasteiger partial charge on any atom is 0.323 e. The summed E-state index contributed by atoms with van der Waals surface area (Å²) in [6.07, 6.45) is 0. The fraction of sp³-hybridized carbons (Fsp3) is 0.133. The summed E-state index contributed by atoms with van der Waals surface area (Å²) in [4.78, 5) is 16.7. The van der Waals surface area contributed by atoms with E-state index in [0.717, 1.165) is 32.5 Å². The summed E-state index contributed by atoms with van der Waals surface area (Å²) < 4.78 is 6.35. The van der Waals surface area contributed by atoms with Gasteiger partial charge in [-0.05, 0) is 36.4 Å². The predicted octanol–water partition coefficient (Wildman–Crippen LogP) is 0.243. The number of benzene rings is 2. The summed E-state index contributed by atoms with van der Waals surface area (Å²) in [6.45, 7) is 0.628. The van der Waals surface area contributed by atoms with Gasteiger partial charge in [0.05, 0.1) is 18.1 Å². The molecule has 0 radical (unpaired) electrons. The van der Waals surface area contributed by atoms with E-state index in [0.29, 0.717) is 6.54 Å². The van der Waals surface area contributed by atoms with Crippen LogP contribution in [0.3, 0.4) is 0 Å². The molecule has 0 unspecified atom stereocenters. The van der Waals surface area contributed by atoms with Crippen LogP contribution in [0.5, 0.6) is 5.75 Å². The van der Waals surface area contributed by atoms with Crippen molar-refractivity contribution in [3.05, 3.63) is 56.9 Å². The van der Waals surface area contributed by atoms with Crippen LogP contribution in [0.2, 0.25) is 0 Å². The number of anilines is 1. The van der Waals surface area contributed by atoms with Crippen molar-refractivity contribution in [2.24, 2.45) is 0 Å². The fourth-order valence-electron chi connectivity index (χ4n) is 2.23. The van der Waals surface area contributed by atoms with Gasteiger partial charge in [-0.15, -0.1) is 0 Å². The van der Waals surface area contributed by atoms with Crippen LogP contribution in [0, 0.1) is 0 Å². The monoisotopic (exact) mass is 382 g/mol. The average Bonchev–Trinajstić information content (AvgIpc) is 2.84. The first-order valence-electron chi connectivity index (χ1n) is 6.44. The molecule has 22 heavy (non-hydrogen) atoms. The molecule has 0 aliphatic heterocycles. The van der Waals surface area contributed by atoms with Gasteiger partial charge in [-0.2, -0.15) is 0 Å². The number of aromatic nitrogens is 2. The van der Waals surface area contributed by atoms with Crippen LogP contribution in [0.4, 0.5) is 5.69 Å². The number of methoxy groups -OCH3 is 1. The Bertz CT molecular complexity index is 844. The molecule has 0 bridgehead atoms. The highest BCUT2D eigenvalue weighted by molar-refractivity contribution is 9.10. The van der Waals surface area contributed by atoms with E-state index in [1.807, 2.05) is 36.4 Å². The Balaban J connectivity index is 0.00000176. The van der Waals surface area contributed by atoms with Gasteiger partial charge in [-0.1, -0.05) is 15.9 Å². The van der Waals surface area contributed by atoms with Crippen LogP contribution in [-0.4, -0.2) is 17.1 Å². The second kappa shape index (κ2) is 6.89. The smallest absolute Gasteiger partial charge is 0.323 e. The number of rotatable bonds is 4. The van der Waals surface area contributed by atoms with Gasteiger partial charge in [-0.3, -0.25) is 0 Å². The lowest BCUT2D eigenvalue weighted by atomic mass is 10.2. The van der Waals surface area contributed by atoms with Crippen molar-refractivity contribution in [3.63, 3.8) is 0 Å². The van der Waals surface area contributed by atoms with Gasteiger partial charge < -0.3 is 32.4 Å². The minimum absolute atomic E-state index is 0. The zero-order chi connectivity index (χ0) is 14.8. The van der Waals surface area contributed by atoms with Crippen LogP contribution in [0.25, 0.3) is 11.0 Å². The summed E-state index contributed by atoms with van der Waals surface area (Å²) in [5.41, 5.74) is 3.36. The van der Waals surface area contributed by atoms with Crippen molar-refractivity contribution in [3.8, 4) is 5.75 Å². The van der Waals surface area contributed by atoms with Crippen molar-refractivity contribution < 1.29 is 17.1 Å². The zero-order valence-corrected chi connectivity index (χ0v) is 14.1. The van der Waals surface area contributed by atoms with E-state index in [2.05, 4.69) is 31.2 Å². The van der Waals surface area contributed by atoms with Crippen LogP contribution in [0.1, 0.15) is 5.56 Å². The van der Waals surface area contributed by atoms with Crippen LogP contribution < -0.4 is 28.2 Å². The van der Waals surface area contributed by atoms with E-state index in [4.69, 9.17) is 4.74 Å². The molecule has 0 spiro atoms. The summed E-state index contributed by atoms with van der Waals surface area (Å²) in [7, 11) is 1.66. The molecule has 1 heterocycles. The van der Waals surface area contributed by atoms with Gasteiger partial charge in [0.15, 0.2) is 0 Å². The average molecular weight is 384 g/mol. The molecule has 2 aromatic carbocycles. The Morgan fingerprint density at radius 3 is 2.68 bits per heavy atom. The number of nitrogens with one attached hydrogen (secondary N) is 3.